The Balaban J connectivity index is 1.43. The van der Waals surface area contributed by atoms with Crippen molar-refractivity contribution in [2.24, 2.45) is 0 Å². The number of hydrogen-bond acceptors (Lipinski definition) is 4. The van der Waals surface area contributed by atoms with Gasteiger partial charge in [-0.15, -0.1) is 0 Å². The van der Waals surface area contributed by atoms with Gasteiger partial charge in [0.05, 0.1) is 22.7 Å². The van der Waals surface area contributed by atoms with Crippen molar-refractivity contribution >= 4 is 27.5 Å². The van der Waals surface area contributed by atoms with Gasteiger partial charge in [0.15, 0.2) is 0 Å². The Kier molecular flexibility index (Phi) is 7.32. The summed E-state index contributed by atoms with van der Waals surface area (Å²) < 4.78 is 6.67. The lowest BCUT2D eigenvalue weighted by Crippen LogP contribution is -2.35. The lowest BCUT2D eigenvalue weighted by atomic mass is 10.2. The van der Waals surface area contributed by atoms with Gasteiger partial charge in [0.2, 0.25) is 5.91 Å². The standard InChI is InChI=1S/C22H24BrN3O2/c23-20-5-1-2-6-21(20)28-16-3-7-22(27)26-13-4-12-25(14-15-26)19-10-8-18(17-24)9-11-19/h1-2,5-6,8-11H,3-4,7,12-16H2. The number of anilines is 1. The second-order valence-corrected chi connectivity index (χ2v) is 7.62. The van der Waals surface area contributed by atoms with Crippen molar-refractivity contribution in [1.29, 1.82) is 5.26 Å². The van der Waals surface area contributed by atoms with Gasteiger partial charge in [0.25, 0.3) is 0 Å². The molecule has 5 nitrogen and oxygen atoms in total. The van der Waals surface area contributed by atoms with Gasteiger partial charge in [-0.2, -0.15) is 5.26 Å². The molecule has 6 heteroatoms. The highest BCUT2D eigenvalue weighted by atomic mass is 79.9. The minimum atomic E-state index is 0.192. The van der Waals surface area contributed by atoms with Crippen LogP contribution >= 0.6 is 15.9 Å². The molecule has 0 bridgehead atoms. The molecule has 1 aliphatic rings. The van der Waals surface area contributed by atoms with Crippen LogP contribution in [-0.2, 0) is 4.79 Å². The summed E-state index contributed by atoms with van der Waals surface area (Å²) in [6.45, 7) is 3.77. The number of ether oxygens (including phenoxy) is 1. The summed E-state index contributed by atoms with van der Waals surface area (Å²) in [4.78, 5) is 16.8. The highest BCUT2D eigenvalue weighted by Crippen LogP contribution is 2.24. The van der Waals surface area contributed by atoms with Gasteiger partial charge >= 0.3 is 0 Å². The van der Waals surface area contributed by atoms with Gasteiger partial charge in [-0.25, -0.2) is 0 Å². The maximum absolute atomic E-state index is 12.6. The molecular formula is C22H24BrN3O2. The molecule has 28 heavy (non-hydrogen) atoms. The number of benzene rings is 2. The first-order valence-corrected chi connectivity index (χ1v) is 10.4. The minimum Gasteiger partial charge on any atom is -0.492 e. The van der Waals surface area contributed by atoms with Crippen LogP contribution in [0.4, 0.5) is 5.69 Å². The summed E-state index contributed by atoms with van der Waals surface area (Å²) >= 11 is 3.46. The van der Waals surface area contributed by atoms with Crippen LogP contribution < -0.4 is 9.64 Å². The third kappa shape index (κ3) is 5.49. The highest BCUT2D eigenvalue weighted by Gasteiger charge is 2.19. The molecule has 1 fully saturated rings. The average molecular weight is 442 g/mol. The molecule has 0 unspecified atom stereocenters. The van der Waals surface area contributed by atoms with Crippen LogP contribution in [0.3, 0.4) is 0 Å². The summed E-state index contributed by atoms with van der Waals surface area (Å²) in [6.07, 6.45) is 2.15. The van der Waals surface area contributed by atoms with Crippen LogP contribution in [0.25, 0.3) is 0 Å². The summed E-state index contributed by atoms with van der Waals surface area (Å²) in [7, 11) is 0. The van der Waals surface area contributed by atoms with E-state index in [2.05, 4.69) is 26.9 Å². The van der Waals surface area contributed by atoms with Crippen molar-refractivity contribution in [2.75, 3.05) is 37.7 Å². The van der Waals surface area contributed by atoms with Gasteiger partial charge < -0.3 is 14.5 Å². The molecule has 3 rings (SSSR count). The van der Waals surface area contributed by atoms with Crippen LogP contribution in [0.5, 0.6) is 5.75 Å². The number of amides is 1. The Hall–Kier alpha value is -2.52. The van der Waals surface area contributed by atoms with E-state index in [9.17, 15) is 4.79 Å². The number of nitriles is 1. The molecule has 0 spiro atoms. The molecule has 0 saturated carbocycles. The Bertz CT molecular complexity index is 832. The molecule has 0 aliphatic carbocycles. The van der Waals surface area contributed by atoms with E-state index in [1.807, 2.05) is 53.4 Å². The predicted octanol–water partition coefficient (Wildman–Crippen LogP) is 4.22. The van der Waals surface area contributed by atoms with Gasteiger partial charge in [-0.1, -0.05) is 12.1 Å². The minimum absolute atomic E-state index is 0.192. The molecule has 0 N–H and O–H groups in total. The second kappa shape index (κ2) is 10.1. The fraction of sp³-hybridized carbons (Fsp3) is 0.364. The zero-order valence-corrected chi connectivity index (χ0v) is 17.4. The van der Waals surface area contributed by atoms with Gasteiger partial charge in [-0.3, -0.25) is 4.79 Å². The first-order valence-electron chi connectivity index (χ1n) is 9.57. The predicted molar refractivity (Wildman–Crippen MR) is 113 cm³/mol. The normalized spacial score (nSPS) is 14.3. The van der Waals surface area contributed by atoms with E-state index in [1.54, 1.807) is 0 Å². The monoisotopic (exact) mass is 441 g/mol. The molecule has 0 radical (unpaired) electrons. The number of carbonyl (C=O) groups excluding carboxylic acids is 1. The molecule has 1 aliphatic heterocycles. The molecule has 2 aromatic rings. The van der Waals surface area contributed by atoms with Crippen molar-refractivity contribution in [3.63, 3.8) is 0 Å². The smallest absolute Gasteiger partial charge is 0.222 e. The zero-order chi connectivity index (χ0) is 19.8. The quantitative estimate of drug-likeness (QED) is 0.629. The van der Waals surface area contributed by atoms with E-state index in [0.717, 1.165) is 48.5 Å². The third-order valence-electron chi connectivity index (χ3n) is 4.84. The van der Waals surface area contributed by atoms with Crippen molar-refractivity contribution in [3.05, 3.63) is 58.6 Å². The molecule has 1 heterocycles. The average Bonchev–Trinajstić information content (AvgIpc) is 2.99. The van der Waals surface area contributed by atoms with Crippen LogP contribution in [0, 0.1) is 11.3 Å². The van der Waals surface area contributed by atoms with Crippen molar-refractivity contribution < 1.29 is 9.53 Å². The third-order valence-corrected chi connectivity index (χ3v) is 5.49. The van der Waals surface area contributed by atoms with Crippen molar-refractivity contribution in [2.45, 2.75) is 19.3 Å². The lowest BCUT2D eigenvalue weighted by Gasteiger charge is -2.24. The number of para-hydroxylation sites is 1. The van der Waals surface area contributed by atoms with Gasteiger partial charge in [-0.05, 0) is 65.2 Å². The summed E-state index contributed by atoms with van der Waals surface area (Å²) in [6, 6.07) is 17.5. The zero-order valence-electron chi connectivity index (χ0n) is 15.8. The van der Waals surface area contributed by atoms with Crippen LogP contribution in [0.15, 0.2) is 53.0 Å². The summed E-state index contributed by atoms with van der Waals surface area (Å²) in [5, 5.41) is 8.93. The summed E-state index contributed by atoms with van der Waals surface area (Å²) in [5.74, 6) is 1.00. The lowest BCUT2D eigenvalue weighted by molar-refractivity contribution is -0.131. The van der Waals surface area contributed by atoms with Crippen molar-refractivity contribution in [3.8, 4) is 11.8 Å². The fourth-order valence-corrected chi connectivity index (χ4v) is 3.70. The van der Waals surface area contributed by atoms with Gasteiger partial charge in [0.1, 0.15) is 5.75 Å². The number of rotatable bonds is 6. The Morgan fingerprint density at radius 1 is 1.07 bits per heavy atom. The van der Waals surface area contributed by atoms with Gasteiger partial charge in [0, 0.05) is 38.3 Å². The number of halogens is 1. The maximum atomic E-state index is 12.6. The van der Waals surface area contributed by atoms with E-state index in [1.165, 1.54) is 0 Å². The fourth-order valence-electron chi connectivity index (χ4n) is 3.30. The highest BCUT2D eigenvalue weighted by molar-refractivity contribution is 9.10. The molecule has 2 aromatic carbocycles. The SMILES string of the molecule is N#Cc1ccc(N2CCCN(C(=O)CCCOc3ccccc3Br)CC2)cc1. The molecule has 0 aromatic heterocycles. The van der Waals surface area contributed by atoms with E-state index < -0.39 is 0 Å². The molecule has 1 amide bonds. The first-order chi connectivity index (χ1) is 13.7. The first kappa shape index (κ1) is 20.2. The molecule has 146 valence electrons. The van der Waals surface area contributed by atoms with Crippen LogP contribution in [-0.4, -0.2) is 43.6 Å². The van der Waals surface area contributed by atoms with Crippen molar-refractivity contribution in [1.82, 2.24) is 4.90 Å². The number of nitrogens with zero attached hydrogens (tertiary/aromatic N) is 3. The summed E-state index contributed by atoms with van der Waals surface area (Å²) in [5.41, 5.74) is 1.77. The molecule has 0 atom stereocenters. The number of carbonyl (C=O) groups is 1. The Morgan fingerprint density at radius 3 is 2.61 bits per heavy atom. The molecular weight excluding hydrogens is 418 g/mol. The topological polar surface area (TPSA) is 56.6 Å². The Labute approximate surface area is 174 Å². The van der Waals surface area contributed by atoms with Crippen LogP contribution in [0.1, 0.15) is 24.8 Å². The number of hydrogen-bond donors (Lipinski definition) is 0. The van der Waals surface area contributed by atoms with E-state index in [0.29, 0.717) is 25.0 Å². The van der Waals surface area contributed by atoms with Crippen LogP contribution in [0.2, 0.25) is 0 Å². The van der Waals surface area contributed by atoms with E-state index in [4.69, 9.17) is 10.00 Å². The van der Waals surface area contributed by atoms with E-state index >= 15 is 0 Å². The van der Waals surface area contributed by atoms with E-state index in [-0.39, 0.29) is 5.91 Å². The largest absolute Gasteiger partial charge is 0.492 e. The Morgan fingerprint density at radius 2 is 1.86 bits per heavy atom. The second-order valence-electron chi connectivity index (χ2n) is 6.76. The molecule has 1 saturated heterocycles. The maximum Gasteiger partial charge on any atom is 0.222 e.